The van der Waals surface area contributed by atoms with Gasteiger partial charge in [0, 0.05) is 37.7 Å². The summed E-state index contributed by atoms with van der Waals surface area (Å²) in [5.41, 5.74) is 0.944. The summed E-state index contributed by atoms with van der Waals surface area (Å²) in [5, 5.41) is 3.33. The molecule has 0 spiro atoms. The minimum atomic E-state index is -3.47. The number of aryl methyl sites for hydroxylation is 1. The molecule has 0 bridgehead atoms. The second-order valence-corrected chi connectivity index (χ2v) is 8.97. The number of anilines is 1. The quantitative estimate of drug-likeness (QED) is 0.869. The highest BCUT2D eigenvalue weighted by Crippen LogP contribution is 2.36. The first-order valence-electron chi connectivity index (χ1n) is 8.87. The molecule has 138 valence electrons. The van der Waals surface area contributed by atoms with Gasteiger partial charge < -0.3 is 10.1 Å². The van der Waals surface area contributed by atoms with E-state index in [4.69, 9.17) is 4.74 Å². The Kier molecular flexibility index (Phi) is 4.69. The van der Waals surface area contributed by atoms with Crippen molar-refractivity contribution in [2.45, 2.75) is 17.9 Å². The lowest BCUT2D eigenvalue weighted by molar-refractivity contribution is 0.104. The van der Waals surface area contributed by atoms with Crippen molar-refractivity contribution < 1.29 is 13.2 Å². The Hall–Kier alpha value is -1.96. The van der Waals surface area contributed by atoms with Gasteiger partial charge in [0.2, 0.25) is 10.0 Å². The Morgan fingerprint density at radius 1 is 1.23 bits per heavy atom. The second-order valence-electron chi connectivity index (χ2n) is 7.03. The Morgan fingerprint density at radius 2 is 2.12 bits per heavy atom. The third-order valence-corrected chi connectivity index (χ3v) is 7.07. The van der Waals surface area contributed by atoms with Gasteiger partial charge in [0.25, 0.3) is 0 Å². The minimum absolute atomic E-state index is 0.0230. The molecule has 0 unspecified atom stereocenters. The molecule has 2 aliphatic heterocycles. The molecule has 26 heavy (non-hydrogen) atoms. The maximum atomic E-state index is 12.9. The number of ether oxygens (including phenoxy) is 1. The molecule has 4 rings (SSSR count). The first-order valence-corrected chi connectivity index (χ1v) is 10.3. The molecule has 2 aliphatic rings. The molecule has 2 saturated heterocycles. The van der Waals surface area contributed by atoms with Gasteiger partial charge in [-0.15, -0.1) is 0 Å². The fourth-order valence-electron chi connectivity index (χ4n) is 3.80. The topological polar surface area (TPSA) is 71.5 Å². The number of benzene rings is 1. The number of nitrogens with one attached hydrogen (secondary N) is 1. The maximum Gasteiger partial charge on any atom is 0.243 e. The summed E-state index contributed by atoms with van der Waals surface area (Å²) >= 11 is 0. The SMILES string of the molecule is Cc1cccc(S(=O)(=O)N2C[C@@H]3[C@@H](CNc4ccccn4)CO[C@@H]3C2)c1. The van der Waals surface area contributed by atoms with Gasteiger partial charge in [-0.05, 0) is 36.8 Å². The van der Waals surface area contributed by atoms with Crippen LogP contribution in [0.15, 0.2) is 53.6 Å². The van der Waals surface area contributed by atoms with Crippen LogP contribution in [-0.4, -0.2) is 50.1 Å². The van der Waals surface area contributed by atoms with Crippen molar-refractivity contribution in [1.82, 2.24) is 9.29 Å². The number of nitrogens with zero attached hydrogens (tertiary/aromatic N) is 2. The maximum absolute atomic E-state index is 12.9. The van der Waals surface area contributed by atoms with Crippen LogP contribution < -0.4 is 5.32 Å². The van der Waals surface area contributed by atoms with Crippen LogP contribution in [0.4, 0.5) is 5.82 Å². The van der Waals surface area contributed by atoms with E-state index in [1.165, 1.54) is 0 Å². The van der Waals surface area contributed by atoms with Crippen molar-refractivity contribution in [3.05, 3.63) is 54.2 Å². The van der Waals surface area contributed by atoms with Gasteiger partial charge in [0.05, 0.1) is 17.6 Å². The highest BCUT2D eigenvalue weighted by Gasteiger charge is 2.47. The van der Waals surface area contributed by atoms with Crippen LogP contribution in [0.3, 0.4) is 0 Å². The van der Waals surface area contributed by atoms with Gasteiger partial charge in [-0.25, -0.2) is 13.4 Å². The molecule has 0 aliphatic carbocycles. The number of rotatable bonds is 5. The van der Waals surface area contributed by atoms with Gasteiger partial charge >= 0.3 is 0 Å². The van der Waals surface area contributed by atoms with Gasteiger partial charge in [-0.3, -0.25) is 0 Å². The largest absolute Gasteiger partial charge is 0.376 e. The molecular weight excluding hydrogens is 350 g/mol. The van der Waals surface area contributed by atoms with Crippen molar-refractivity contribution in [3.63, 3.8) is 0 Å². The molecule has 1 aromatic carbocycles. The van der Waals surface area contributed by atoms with Crippen LogP contribution in [0.5, 0.6) is 0 Å². The fraction of sp³-hybridized carbons (Fsp3) is 0.421. The zero-order valence-corrected chi connectivity index (χ0v) is 15.5. The molecule has 3 atom stereocenters. The average Bonchev–Trinajstić information content (AvgIpc) is 3.22. The van der Waals surface area contributed by atoms with Crippen LogP contribution in [0.25, 0.3) is 0 Å². The summed E-state index contributed by atoms with van der Waals surface area (Å²) in [6, 6.07) is 12.8. The fourth-order valence-corrected chi connectivity index (χ4v) is 5.39. The van der Waals surface area contributed by atoms with Crippen molar-refractivity contribution in [2.75, 3.05) is 31.6 Å². The predicted molar refractivity (Wildman–Crippen MR) is 99.4 cm³/mol. The highest BCUT2D eigenvalue weighted by molar-refractivity contribution is 7.89. The monoisotopic (exact) mass is 373 g/mol. The van der Waals surface area contributed by atoms with E-state index >= 15 is 0 Å². The standard InChI is InChI=1S/C19H23N3O3S/c1-14-5-4-6-16(9-14)26(23,24)22-11-17-15(13-25-18(17)12-22)10-21-19-7-2-3-8-20-19/h2-9,15,17-18H,10-13H2,1H3,(H,20,21)/t15-,17+,18+/m0/s1. The van der Waals surface area contributed by atoms with E-state index in [0.29, 0.717) is 24.6 Å². The zero-order valence-electron chi connectivity index (χ0n) is 14.7. The smallest absolute Gasteiger partial charge is 0.243 e. The molecule has 2 aromatic rings. The van der Waals surface area contributed by atoms with Crippen LogP contribution in [-0.2, 0) is 14.8 Å². The van der Waals surface area contributed by atoms with E-state index in [1.54, 1.807) is 28.7 Å². The lowest BCUT2D eigenvalue weighted by Crippen LogP contribution is -2.32. The van der Waals surface area contributed by atoms with E-state index in [2.05, 4.69) is 10.3 Å². The number of aromatic nitrogens is 1. The lowest BCUT2D eigenvalue weighted by atomic mass is 9.93. The highest BCUT2D eigenvalue weighted by atomic mass is 32.2. The molecule has 3 heterocycles. The third-order valence-electron chi connectivity index (χ3n) is 5.24. The van der Waals surface area contributed by atoms with Crippen LogP contribution in [0.2, 0.25) is 0 Å². The molecular formula is C19H23N3O3S. The van der Waals surface area contributed by atoms with E-state index in [1.807, 2.05) is 31.2 Å². The summed E-state index contributed by atoms with van der Waals surface area (Å²) in [6.07, 6.45) is 1.73. The molecule has 1 N–H and O–H groups in total. The molecule has 7 heteroatoms. The Labute approximate surface area is 154 Å². The van der Waals surface area contributed by atoms with E-state index in [9.17, 15) is 8.42 Å². The van der Waals surface area contributed by atoms with Crippen molar-refractivity contribution in [1.29, 1.82) is 0 Å². The van der Waals surface area contributed by atoms with Gasteiger partial charge in [0.15, 0.2) is 0 Å². The van der Waals surface area contributed by atoms with Crippen molar-refractivity contribution in [3.8, 4) is 0 Å². The van der Waals surface area contributed by atoms with Crippen molar-refractivity contribution in [2.24, 2.45) is 11.8 Å². The Balaban J connectivity index is 1.44. The first-order chi connectivity index (χ1) is 12.5. The van der Waals surface area contributed by atoms with Crippen LogP contribution in [0, 0.1) is 18.8 Å². The molecule has 0 amide bonds. The summed E-state index contributed by atoms with van der Waals surface area (Å²) in [5.74, 6) is 1.32. The minimum Gasteiger partial charge on any atom is -0.376 e. The van der Waals surface area contributed by atoms with Gasteiger partial charge in [-0.2, -0.15) is 4.31 Å². The number of fused-ring (bicyclic) bond motifs is 1. The van der Waals surface area contributed by atoms with E-state index in [-0.39, 0.29) is 17.9 Å². The van der Waals surface area contributed by atoms with Crippen LogP contribution in [0.1, 0.15) is 5.56 Å². The Bertz CT molecular complexity index is 873. The number of hydrogen-bond acceptors (Lipinski definition) is 5. The average molecular weight is 373 g/mol. The summed E-state index contributed by atoms with van der Waals surface area (Å²) in [6.45, 7) is 4.24. The third kappa shape index (κ3) is 3.34. The first kappa shape index (κ1) is 17.5. The zero-order chi connectivity index (χ0) is 18.1. The number of hydrogen-bond donors (Lipinski definition) is 1. The van der Waals surface area contributed by atoms with Crippen LogP contribution >= 0.6 is 0 Å². The van der Waals surface area contributed by atoms with Crippen molar-refractivity contribution >= 4 is 15.8 Å². The van der Waals surface area contributed by atoms with Gasteiger partial charge in [-0.1, -0.05) is 18.2 Å². The number of sulfonamides is 1. The van der Waals surface area contributed by atoms with Gasteiger partial charge in [0.1, 0.15) is 5.82 Å². The summed E-state index contributed by atoms with van der Waals surface area (Å²) in [4.78, 5) is 4.63. The molecule has 6 nitrogen and oxygen atoms in total. The van der Waals surface area contributed by atoms with E-state index in [0.717, 1.165) is 17.9 Å². The number of pyridine rings is 1. The molecule has 1 aromatic heterocycles. The Morgan fingerprint density at radius 3 is 2.88 bits per heavy atom. The second kappa shape index (κ2) is 6.98. The molecule has 0 radical (unpaired) electrons. The normalized spacial score (nSPS) is 26.0. The summed E-state index contributed by atoms with van der Waals surface area (Å²) < 4.78 is 33.4. The molecule has 2 fully saturated rings. The van der Waals surface area contributed by atoms with E-state index < -0.39 is 10.0 Å². The lowest BCUT2D eigenvalue weighted by Gasteiger charge is -2.20. The molecule has 0 saturated carbocycles. The summed E-state index contributed by atoms with van der Waals surface area (Å²) in [7, 11) is -3.47. The predicted octanol–water partition coefficient (Wildman–Crippen LogP) is 2.14.